The summed E-state index contributed by atoms with van der Waals surface area (Å²) in [6.07, 6.45) is 0. The van der Waals surface area contributed by atoms with Crippen molar-refractivity contribution in [2.75, 3.05) is 23.0 Å². The second-order valence-electron chi connectivity index (χ2n) is 4.42. The predicted octanol–water partition coefficient (Wildman–Crippen LogP) is 2.75. The van der Waals surface area contributed by atoms with Gasteiger partial charge in [-0.2, -0.15) is 16.7 Å². The van der Waals surface area contributed by atoms with E-state index in [1.54, 1.807) is 17.8 Å². The summed E-state index contributed by atoms with van der Waals surface area (Å²) in [4.78, 5) is 14.7. The fourth-order valence-corrected chi connectivity index (χ4v) is 4.54. The number of benzene rings is 1. The lowest BCUT2D eigenvalue weighted by molar-refractivity contribution is -0.383. The van der Waals surface area contributed by atoms with Crippen LogP contribution in [0.3, 0.4) is 0 Å². The SMILES string of the molecule is Nc1ccc(-c2nc(C3CSCCS3)no2)cc1[N+](=O)[O-]. The quantitative estimate of drug-likeness (QED) is 0.521. The molecule has 1 saturated heterocycles. The third-order valence-electron chi connectivity index (χ3n) is 3.02. The first-order valence-corrected chi connectivity index (χ1v) is 8.43. The summed E-state index contributed by atoms with van der Waals surface area (Å²) in [5.41, 5.74) is 6.04. The van der Waals surface area contributed by atoms with Crippen LogP contribution in [0.4, 0.5) is 11.4 Å². The van der Waals surface area contributed by atoms with Crippen LogP contribution in [-0.4, -0.2) is 32.3 Å². The monoisotopic (exact) mass is 324 g/mol. The van der Waals surface area contributed by atoms with E-state index in [4.69, 9.17) is 10.3 Å². The molecule has 0 amide bonds. The minimum absolute atomic E-state index is 0.114. The van der Waals surface area contributed by atoms with E-state index < -0.39 is 4.92 Å². The maximum atomic E-state index is 10.9. The molecule has 110 valence electrons. The maximum absolute atomic E-state index is 10.9. The van der Waals surface area contributed by atoms with Crippen molar-refractivity contribution in [1.82, 2.24) is 10.1 Å². The Morgan fingerprint density at radius 1 is 1.43 bits per heavy atom. The number of nitro groups is 1. The van der Waals surface area contributed by atoms with Gasteiger partial charge in [0.05, 0.1) is 10.2 Å². The van der Waals surface area contributed by atoms with Crippen LogP contribution in [0.1, 0.15) is 11.1 Å². The summed E-state index contributed by atoms with van der Waals surface area (Å²) >= 11 is 3.66. The smallest absolute Gasteiger partial charge is 0.292 e. The molecule has 2 N–H and O–H groups in total. The lowest BCUT2D eigenvalue weighted by atomic mass is 10.2. The van der Waals surface area contributed by atoms with Gasteiger partial charge in [-0.1, -0.05) is 5.16 Å². The normalized spacial score (nSPS) is 18.6. The van der Waals surface area contributed by atoms with Crippen LogP contribution in [0.25, 0.3) is 11.5 Å². The number of anilines is 1. The average molecular weight is 324 g/mol. The zero-order valence-corrected chi connectivity index (χ0v) is 12.5. The van der Waals surface area contributed by atoms with E-state index in [-0.39, 0.29) is 22.5 Å². The molecule has 0 radical (unpaired) electrons. The van der Waals surface area contributed by atoms with Crippen LogP contribution < -0.4 is 5.73 Å². The molecule has 1 fully saturated rings. The number of nitro benzene ring substituents is 1. The number of hydrogen-bond donors (Lipinski definition) is 1. The topological polar surface area (TPSA) is 108 Å². The van der Waals surface area contributed by atoms with Gasteiger partial charge in [0.1, 0.15) is 5.69 Å². The number of aromatic nitrogens is 2. The molecule has 2 heterocycles. The first-order chi connectivity index (χ1) is 10.1. The fourth-order valence-electron chi connectivity index (χ4n) is 1.95. The van der Waals surface area contributed by atoms with Crippen molar-refractivity contribution in [3.05, 3.63) is 34.1 Å². The number of thioether (sulfide) groups is 2. The molecule has 0 aliphatic carbocycles. The number of nitrogen functional groups attached to an aromatic ring is 1. The van der Waals surface area contributed by atoms with E-state index >= 15 is 0 Å². The summed E-state index contributed by atoms with van der Waals surface area (Å²) < 4.78 is 5.23. The van der Waals surface area contributed by atoms with Gasteiger partial charge in [0.25, 0.3) is 11.6 Å². The molecule has 1 aromatic carbocycles. The van der Waals surface area contributed by atoms with Crippen molar-refractivity contribution < 1.29 is 9.45 Å². The van der Waals surface area contributed by atoms with E-state index in [1.807, 2.05) is 11.8 Å². The van der Waals surface area contributed by atoms with Crippen molar-refractivity contribution in [2.45, 2.75) is 5.25 Å². The maximum Gasteiger partial charge on any atom is 0.292 e. The minimum atomic E-state index is -0.524. The highest BCUT2D eigenvalue weighted by atomic mass is 32.2. The summed E-state index contributed by atoms with van der Waals surface area (Å²) in [6.45, 7) is 0. The third kappa shape index (κ3) is 2.98. The Balaban J connectivity index is 1.89. The van der Waals surface area contributed by atoms with Gasteiger partial charge in [0.15, 0.2) is 5.82 Å². The van der Waals surface area contributed by atoms with Crippen molar-refractivity contribution in [1.29, 1.82) is 0 Å². The molecule has 1 aromatic heterocycles. The van der Waals surface area contributed by atoms with Crippen LogP contribution in [-0.2, 0) is 0 Å². The molecule has 2 aromatic rings. The Morgan fingerprint density at radius 3 is 3.00 bits per heavy atom. The predicted molar refractivity (Wildman–Crippen MR) is 83.3 cm³/mol. The lowest BCUT2D eigenvalue weighted by Gasteiger charge is -2.16. The zero-order valence-electron chi connectivity index (χ0n) is 10.9. The number of hydrogen-bond acceptors (Lipinski definition) is 8. The molecule has 0 bridgehead atoms. The number of nitrogens with zero attached hydrogens (tertiary/aromatic N) is 3. The molecule has 3 rings (SSSR count). The molecule has 0 spiro atoms. The number of rotatable bonds is 3. The molecule has 0 saturated carbocycles. The largest absolute Gasteiger partial charge is 0.393 e. The molecule has 1 aliphatic heterocycles. The second-order valence-corrected chi connectivity index (χ2v) is 6.88. The molecule has 21 heavy (non-hydrogen) atoms. The average Bonchev–Trinajstić information content (AvgIpc) is 2.98. The minimum Gasteiger partial charge on any atom is -0.393 e. The molecule has 1 atom stereocenters. The van der Waals surface area contributed by atoms with Crippen LogP contribution in [0.15, 0.2) is 22.7 Å². The molecule has 1 aliphatic rings. The summed E-state index contributed by atoms with van der Waals surface area (Å²) in [6, 6.07) is 4.47. The van der Waals surface area contributed by atoms with E-state index in [9.17, 15) is 10.1 Å². The first-order valence-electron chi connectivity index (χ1n) is 6.22. The lowest BCUT2D eigenvalue weighted by Crippen LogP contribution is -2.07. The summed E-state index contributed by atoms with van der Waals surface area (Å²) in [7, 11) is 0. The van der Waals surface area contributed by atoms with Gasteiger partial charge in [-0.05, 0) is 12.1 Å². The first kappa shape index (κ1) is 14.2. The standard InChI is InChI=1S/C12H12N4O3S2/c13-8-2-1-7(5-9(8)16(17)18)12-14-11(15-19-12)10-6-20-3-4-21-10/h1-2,5,10H,3-4,6,13H2. The van der Waals surface area contributed by atoms with Crippen LogP contribution >= 0.6 is 23.5 Å². The van der Waals surface area contributed by atoms with Crippen LogP contribution in [0.2, 0.25) is 0 Å². The summed E-state index contributed by atoms with van der Waals surface area (Å²) in [5, 5.41) is 15.1. The van der Waals surface area contributed by atoms with Crippen molar-refractivity contribution in [3.63, 3.8) is 0 Å². The molecule has 1 unspecified atom stereocenters. The fraction of sp³-hybridized carbons (Fsp3) is 0.333. The number of nitrogens with two attached hydrogens (primary N) is 1. The van der Waals surface area contributed by atoms with E-state index in [2.05, 4.69) is 10.1 Å². The molecule has 7 nitrogen and oxygen atoms in total. The highest BCUT2D eigenvalue weighted by molar-refractivity contribution is 8.06. The molecular weight excluding hydrogens is 312 g/mol. The second kappa shape index (κ2) is 5.94. The van der Waals surface area contributed by atoms with Gasteiger partial charge in [0, 0.05) is 28.9 Å². The van der Waals surface area contributed by atoms with E-state index in [0.29, 0.717) is 11.4 Å². The van der Waals surface area contributed by atoms with Gasteiger partial charge < -0.3 is 10.3 Å². The van der Waals surface area contributed by atoms with Crippen LogP contribution in [0, 0.1) is 10.1 Å². The third-order valence-corrected chi connectivity index (χ3v) is 5.77. The Labute approximate surface area is 128 Å². The van der Waals surface area contributed by atoms with Crippen molar-refractivity contribution in [2.24, 2.45) is 0 Å². The van der Waals surface area contributed by atoms with Gasteiger partial charge in [-0.15, -0.1) is 11.8 Å². The van der Waals surface area contributed by atoms with E-state index in [1.165, 1.54) is 12.1 Å². The zero-order chi connectivity index (χ0) is 14.8. The van der Waals surface area contributed by atoms with Gasteiger partial charge >= 0.3 is 0 Å². The van der Waals surface area contributed by atoms with Gasteiger partial charge in [-0.3, -0.25) is 10.1 Å². The Hall–Kier alpha value is -1.74. The van der Waals surface area contributed by atoms with Crippen molar-refractivity contribution in [3.8, 4) is 11.5 Å². The Morgan fingerprint density at radius 2 is 2.29 bits per heavy atom. The molecule has 9 heteroatoms. The van der Waals surface area contributed by atoms with Crippen molar-refractivity contribution >= 4 is 34.9 Å². The van der Waals surface area contributed by atoms with Gasteiger partial charge in [0.2, 0.25) is 0 Å². The van der Waals surface area contributed by atoms with E-state index in [0.717, 1.165) is 17.3 Å². The highest BCUT2D eigenvalue weighted by Gasteiger charge is 2.23. The van der Waals surface area contributed by atoms with Gasteiger partial charge in [-0.25, -0.2) is 0 Å². The molecular formula is C12H12N4O3S2. The highest BCUT2D eigenvalue weighted by Crippen LogP contribution is 2.36. The summed E-state index contributed by atoms with van der Waals surface area (Å²) in [5.74, 6) is 4.07. The van der Waals surface area contributed by atoms with Crippen LogP contribution in [0.5, 0.6) is 0 Å². The Bertz CT molecular complexity index is 670. The Kier molecular flexibility index (Phi) is 4.02.